The van der Waals surface area contributed by atoms with Crippen LogP contribution in [0.3, 0.4) is 0 Å². The van der Waals surface area contributed by atoms with E-state index in [0.717, 1.165) is 0 Å². The van der Waals surface area contributed by atoms with E-state index in [2.05, 4.69) is 10.1 Å². The zero-order chi connectivity index (χ0) is 21.6. The minimum absolute atomic E-state index is 0.0744. The van der Waals surface area contributed by atoms with E-state index in [1.165, 1.54) is 35.7 Å². The molecule has 3 heterocycles. The zero-order valence-corrected chi connectivity index (χ0v) is 17.2. The Morgan fingerprint density at radius 3 is 2.80 bits per heavy atom. The Hall–Kier alpha value is -3.57. The summed E-state index contributed by atoms with van der Waals surface area (Å²) in [7, 11) is -2.23. The molecule has 3 aromatic rings. The highest BCUT2D eigenvalue weighted by molar-refractivity contribution is 7.53. The lowest BCUT2D eigenvalue weighted by Crippen LogP contribution is -2.10. The second-order valence-corrected chi connectivity index (χ2v) is 8.68. The molecule has 0 radical (unpaired) electrons. The number of nitrogens with two attached hydrogens (primary N) is 1. The molecule has 0 aliphatic carbocycles. The number of nitriles is 1. The van der Waals surface area contributed by atoms with Gasteiger partial charge in [0, 0.05) is 24.4 Å². The largest absolute Gasteiger partial charge is 0.482 e. The summed E-state index contributed by atoms with van der Waals surface area (Å²) in [6, 6.07) is 7.36. The smallest absolute Gasteiger partial charge is 0.428 e. The fourth-order valence-corrected chi connectivity index (χ4v) is 4.17. The number of rotatable bonds is 0. The van der Waals surface area contributed by atoms with Crippen LogP contribution in [-0.4, -0.2) is 21.4 Å². The van der Waals surface area contributed by atoms with Gasteiger partial charge in [0.1, 0.15) is 29.4 Å². The summed E-state index contributed by atoms with van der Waals surface area (Å²) >= 11 is 0. The molecule has 9 nitrogen and oxygen atoms in total. The van der Waals surface area contributed by atoms with Gasteiger partial charge in [0.15, 0.2) is 11.6 Å². The minimum atomic E-state index is -3.78. The highest BCUT2D eigenvalue weighted by atomic mass is 31.2. The van der Waals surface area contributed by atoms with E-state index in [1.807, 2.05) is 6.07 Å². The van der Waals surface area contributed by atoms with E-state index in [-0.39, 0.29) is 34.5 Å². The lowest BCUT2D eigenvalue weighted by molar-refractivity contribution is 0.223. The molecule has 1 aliphatic heterocycles. The summed E-state index contributed by atoms with van der Waals surface area (Å²) in [5, 5.41) is 13.8. The van der Waals surface area contributed by atoms with Gasteiger partial charge in [-0.3, -0.25) is 4.68 Å². The summed E-state index contributed by atoms with van der Waals surface area (Å²) in [5.74, 6) is -0.148. The van der Waals surface area contributed by atoms with Gasteiger partial charge in [-0.05, 0) is 31.2 Å². The minimum Gasteiger partial charge on any atom is -0.482 e. The van der Waals surface area contributed by atoms with Gasteiger partial charge in [-0.1, -0.05) is 0 Å². The summed E-state index contributed by atoms with van der Waals surface area (Å²) in [5.41, 5.74) is 7.13. The summed E-state index contributed by atoms with van der Waals surface area (Å²) < 4.78 is 45.5. The van der Waals surface area contributed by atoms with Crippen LogP contribution in [0.25, 0.3) is 11.1 Å². The Kier molecular flexibility index (Phi) is 4.63. The van der Waals surface area contributed by atoms with Gasteiger partial charge < -0.3 is 19.5 Å². The van der Waals surface area contributed by atoms with E-state index in [1.54, 1.807) is 20.0 Å². The van der Waals surface area contributed by atoms with Crippen LogP contribution in [0, 0.1) is 17.1 Å². The Morgan fingerprint density at radius 2 is 2.07 bits per heavy atom. The van der Waals surface area contributed by atoms with Crippen LogP contribution in [0.5, 0.6) is 17.4 Å². The summed E-state index contributed by atoms with van der Waals surface area (Å²) in [6.07, 6.45) is 0.705. The Labute approximate surface area is 171 Å². The monoisotopic (exact) mass is 429 g/mol. The number of halogens is 1. The normalized spacial score (nSPS) is 20.2. The number of benzene rings is 1. The van der Waals surface area contributed by atoms with Crippen LogP contribution >= 0.6 is 7.60 Å². The SMILES string of the molecule is CC1Oc2cc(cnc2N)-c2c(nn(C)c2C#N)OP(C)(=O)Oc2ccc(F)cc21. The molecule has 0 amide bonds. The van der Waals surface area contributed by atoms with Crippen LogP contribution in [0.1, 0.15) is 24.3 Å². The van der Waals surface area contributed by atoms with Gasteiger partial charge in [-0.2, -0.15) is 5.26 Å². The van der Waals surface area contributed by atoms with Crippen LogP contribution in [0.4, 0.5) is 10.2 Å². The van der Waals surface area contributed by atoms with Gasteiger partial charge in [-0.15, -0.1) is 5.10 Å². The molecule has 154 valence electrons. The molecule has 0 saturated heterocycles. The Balaban J connectivity index is 1.98. The zero-order valence-electron chi connectivity index (χ0n) is 16.3. The van der Waals surface area contributed by atoms with E-state index in [4.69, 9.17) is 19.5 Å². The first kappa shape index (κ1) is 19.7. The van der Waals surface area contributed by atoms with E-state index < -0.39 is 19.5 Å². The maximum Gasteiger partial charge on any atom is 0.428 e. The molecule has 2 N–H and O–H groups in total. The van der Waals surface area contributed by atoms with Crippen molar-refractivity contribution in [1.82, 2.24) is 14.8 Å². The van der Waals surface area contributed by atoms with Crippen LogP contribution in [0.2, 0.25) is 0 Å². The number of fused-ring (bicyclic) bond motifs is 5. The third-order valence-electron chi connectivity index (χ3n) is 4.52. The summed E-state index contributed by atoms with van der Waals surface area (Å²) in [6.45, 7) is 2.92. The van der Waals surface area contributed by atoms with E-state index in [9.17, 15) is 14.2 Å². The molecule has 2 aromatic heterocycles. The molecule has 11 heteroatoms. The Bertz CT molecular complexity index is 1250. The van der Waals surface area contributed by atoms with Gasteiger partial charge in [0.05, 0.1) is 12.2 Å². The van der Waals surface area contributed by atoms with Crippen LogP contribution < -0.4 is 19.5 Å². The first-order valence-electron chi connectivity index (χ1n) is 8.84. The molecule has 2 bridgehead atoms. The molecular formula is C19H17FN5O4P. The number of anilines is 1. The van der Waals surface area contributed by atoms with Crippen molar-refractivity contribution in [2.24, 2.45) is 7.05 Å². The van der Waals surface area contributed by atoms with E-state index >= 15 is 0 Å². The van der Waals surface area contributed by atoms with Gasteiger partial charge >= 0.3 is 7.60 Å². The fraction of sp³-hybridized carbons (Fsp3) is 0.211. The molecule has 0 fully saturated rings. The number of pyridine rings is 1. The van der Waals surface area contributed by atoms with Gasteiger partial charge in [-0.25, -0.2) is 13.9 Å². The first-order valence-corrected chi connectivity index (χ1v) is 10.8. The van der Waals surface area contributed by atoms with Crippen molar-refractivity contribution in [3.8, 4) is 34.6 Å². The number of hydrogen-bond donors (Lipinski definition) is 1. The molecule has 1 aromatic carbocycles. The molecule has 4 rings (SSSR count). The highest BCUT2D eigenvalue weighted by Gasteiger charge is 2.31. The maximum absolute atomic E-state index is 13.9. The standard InChI is InChI=1S/C19H17FN5O4P/c1-10-13-7-12(20)4-5-15(13)28-30(3,26)29-19-17(14(8-21)25(2)24-19)11-6-16(27-10)18(22)23-9-11/h4-7,9-10H,1-3H3,(H2,22,23). The number of aromatic nitrogens is 3. The van der Waals surface area contributed by atoms with Crippen LogP contribution in [-0.2, 0) is 11.6 Å². The topological polar surface area (TPSA) is 125 Å². The third kappa shape index (κ3) is 3.44. The van der Waals surface area contributed by atoms with Crippen molar-refractivity contribution >= 4 is 13.4 Å². The van der Waals surface area contributed by atoms with E-state index in [0.29, 0.717) is 11.1 Å². The predicted molar refractivity (Wildman–Crippen MR) is 106 cm³/mol. The molecule has 2 atom stereocenters. The predicted octanol–water partition coefficient (Wildman–Crippen LogP) is 3.81. The number of ether oxygens (including phenoxy) is 1. The molecule has 0 saturated carbocycles. The number of aryl methyl sites for hydroxylation is 1. The highest BCUT2D eigenvalue weighted by Crippen LogP contribution is 2.50. The van der Waals surface area contributed by atoms with Crippen molar-refractivity contribution in [2.45, 2.75) is 13.0 Å². The number of nitrogens with zero attached hydrogens (tertiary/aromatic N) is 4. The molecule has 0 spiro atoms. The molecule has 2 unspecified atom stereocenters. The third-order valence-corrected chi connectivity index (χ3v) is 5.55. The fourth-order valence-electron chi connectivity index (χ4n) is 3.17. The molecular weight excluding hydrogens is 412 g/mol. The second-order valence-electron chi connectivity index (χ2n) is 6.77. The van der Waals surface area contributed by atoms with Crippen LogP contribution in [0.15, 0.2) is 30.5 Å². The second kappa shape index (κ2) is 7.04. The van der Waals surface area contributed by atoms with Crippen molar-refractivity contribution in [3.05, 3.63) is 47.5 Å². The van der Waals surface area contributed by atoms with Gasteiger partial charge in [0.2, 0.25) is 0 Å². The van der Waals surface area contributed by atoms with Crippen molar-refractivity contribution in [1.29, 1.82) is 5.26 Å². The van der Waals surface area contributed by atoms with Gasteiger partial charge in [0.25, 0.3) is 5.88 Å². The summed E-state index contributed by atoms with van der Waals surface area (Å²) in [4.78, 5) is 4.13. The lowest BCUT2D eigenvalue weighted by Gasteiger charge is -2.23. The average molecular weight is 429 g/mol. The molecule has 1 aliphatic rings. The average Bonchev–Trinajstić information content (AvgIpc) is 2.98. The van der Waals surface area contributed by atoms with Crippen molar-refractivity contribution < 1.29 is 22.7 Å². The number of nitrogen functional groups attached to an aromatic ring is 1. The van der Waals surface area contributed by atoms with Crippen molar-refractivity contribution in [3.63, 3.8) is 0 Å². The quantitative estimate of drug-likeness (QED) is 0.535. The first-order chi connectivity index (χ1) is 14.2. The van der Waals surface area contributed by atoms with Crippen molar-refractivity contribution in [2.75, 3.05) is 12.4 Å². The Morgan fingerprint density at radius 1 is 1.30 bits per heavy atom. The maximum atomic E-state index is 13.9. The lowest BCUT2D eigenvalue weighted by atomic mass is 10.1. The molecule has 30 heavy (non-hydrogen) atoms. The number of hydrogen-bond acceptors (Lipinski definition) is 8.